The first-order valence-corrected chi connectivity index (χ1v) is 9.11. The van der Waals surface area contributed by atoms with Crippen molar-refractivity contribution >= 4 is 11.6 Å². The van der Waals surface area contributed by atoms with E-state index in [1.165, 1.54) is 11.1 Å². The Morgan fingerprint density at radius 3 is 2.65 bits per heavy atom. The van der Waals surface area contributed by atoms with E-state index in [2.05, 4.69) is 41.6 Å². The summed E-state index contributed by atoms with van der Waals surface area (Å²) in [5, 5.41) is 7.42. The molecular weight excluding hydrogens is 324 g/mol. The van der Waals surface area contributed by atoms with Gasteiger partial charge in [0.2, 0.25) is 0 Å². The summed E-state index contributed by atoms with van der Waals surface area (Å²) in [6.45, 7) is 10.2. The summed E-state index contributed by atoms with van der Waals surface area (Å²) in [6, 6.07) is 8.50. The molecule has 3 rings (SSSR count). The van der Waals surface area contributed by atoms with Gasteiger partial charge in [0.25, 0.3) is 5.91 Å². The third-order valence-corrected chi connectivity index (χ3v) is 5.07. The van der Waals surface area contributed by atoms with Gasteiger partial charge >= 0.3 is 0 Å². The molecule has 0 aliphatic carbocycles. The van der Waals surface area contributed by atoms with E-state index in [1.807, 2.05) is 27.7 Å². The van der Waals surface area contributed by atoms with Crippen LogP contribution in [0.1, 0.15) is 58.7 Å². The maximum atomic E-state index is 12.5. The summed E-state index contributed by atoms with van der Waals surface area (Å²) < 4.78 is 1.78. The zero-order chi connectivity index (χ0) is 18.8. The first kappa shape index (κ1) is 18.1. The van der Waals surface area contributed by atoms with Crippen LogP contribution in [-0.4, -0.2) is 26.5 Å². The number of carbonyl (C=O) groups is 1. The predicted octanol–water partition coefficient (Wildman–Crippen LogP) is 3.77. The summed E-state index contributed by atoms with van der Waals surface area (Å²) >= 11 is 0. The number of rotatable bonds is 5. The van der Waals surface area contributed by atoms with Gasteiger partial charge in [0.1, 0.15) is 5.56 Å². The molecule has 2 heterocycles. The van der Waals surface area contributed by atoms with Gasteiger partial charge in [0.15, 0.2) is 5.65 Å². The first-order chi connectivity index (χ1) is 12.4. The Morgan fingerprint density at radius 2 is 1.96 bits per heavy atom. The molecule has 5 heteroatoms. The average Bonchev–Trinajstić information content (AvgIpc) is 3.03. The number of hydrogen-bond acceptors (Lipinski definition) is 3. The summed E-state index contributed by atoms with van der Waals surface area (Å²) in [5.74, 6) is -0.118. The summed E-state index contributed by atoms with van der Waals surface area (Å²) in [6.07, 6.45) is 3.31. The van der Waals surface area contributed by atoms with Crippen LogP contribution in [0.15, 0.2) is 30.5 Å². The predicted molar refractivity (Wildman–Crippen MR) is 104 cm³/mol. The SMILES string of the molecule is CC[C@H](C)NC(=O)c1cnn2c(C)c(Cc3ccccc3C)c(C)nc12. The minimum absolute atomic E-state index is 0.118. The van der Waals surface area contributed by atoms with Gasteiger partial charge in [-0.15, -0.1) is 0 Å². The summed E-state index contributed by atoms with van der Waals surface area (Å²) in [7, 11) is 0. The molecule has 0 aliphatic heterocycles. The van der Waals surface area contributed by atoms with Crippen molar-refractivity contribution < 1.29 is 4.79 Å². The zero-order valence-corrected chi connectivity index (χ0v) is 16.1. The summed E-state index contributed by atoms with van der Waals surface area (Å²) in [5.41, 5.74) is 6.81. The van der Waals surface area contributed by atoms with Gasteiger partial charge in [0, 0.05) is 23.9 Å². The highest BCUT2D eigenvalue weighted by atomic mass is 16.1. The van der Waals surface area contributed by atoms with E-state index in [1.54, 1.807) is 10.7 Å². The van der Waals surface area contributed by atoms with Gasteiger partial charge in [-0.25, -0.2) is 9.50 Å². The van der Waals surface area contributed by atoms with Crippen molar-refractivity contribution in [2.45, 2.75) is 53.5 Å². The quantitative estimate of drug-likeness (QED) is 0.762. The van der Waals surface area contributed by atoms with E-state index in [0.717, 1.165) is 29.8 Å². The van der Waals surface area contributed by atoms with Crippen LogP contribution >= 0.6 is 0 Å². The van der Waals surface area contributed by atoms with Gasteiger partial charge < -0.3 is 5.32 Å². The van der Waals surface area contributed by atoms with E-state index in [-0.39, 0.29) is 11.9 Å². The Hall–Kier alpha value is -2.69. The molecule has 0 aliphatic rings. The normalized spacial score (nSPS) is 12.3. The number of amides is 1. The van der Waals surface area contributed by atoms with E-state index in [4.69, 9.17) is 4.98 Å². The number of nitrogens with one attached hydrogen (secondary N) is 1. The maximum absolute atomic E-state index is 12.5. The van der Waals surface area contributed by atoms with E-state index in [0.29, 0.717) is 11.2 Å². The molecule has 5 nitrogen and oxygen atoms in total. The number of nitrogens with zero attached hydrogens (tertiary/aromatic N) is 3. The molecule has 0 radical (unpaired) electrons. The Morgan fingerprint density at radius 1 is 1.23 bits per heavy atom. The first-order valence-electron chi connectivity index (χ1n) is 9.11. The maximum Gasteiger partial charge on any atom is 0.256 e. The lowest BCUT2D eigenvalue weighted by Crippen LogP contribution is -2.31. The monoisotopic (exact) mass is 350 g/mol. The lowest BCUT2D eigenvalue weighted by Gasteiger charge is -2.14. The van der Waals surface area contributed by atoms with E-state index in [9.17, 15) is 4.79 Å². The Balaban J connectivity index is 2.02. The average molecular weight is 350 g/mol. The van der Waals surface area contributed by atoms with Crippen molar-refractivity contribution in [3.05, 3.63) is 64.1 Å². The fourth-order valence-corrected chi connectivity index (χ4v) is 3.13. The second-order valence-electron chi connectivity index (χ2n) is 6.94. The molecule has 0 saturated heterocycles. The Kier molecular flexibility index (Phi) is 5.07. The van der Waals surface area contributed by atoms with Gasteiger partial charge in [-0.3, -0.25) is 4.79 Å². The topological polar surface area (TPSA) is 59.3 Å². The standard InChI is InChI=1S/C21H26N4O/c1-6-14(3)23-21(26)19-12-22-25-16(5)18(15(4)24-20(19)25)11-17-10-8-7-9-13(17)2/h7-10,12,14H,6,11H2,1-5H3,(H,23,26)/t14-/m0/s1. The van der Waals surface area contributed by atoms with Gasteiger partial charge in [-0.2, -0.15) is 5.10 Å². The highest BCUT2D eigenvalue weighted by Crippen LogP contribution is 2.21. The minimum atomic E-state index is -0.118. The molecule has 136 valence electrons. The Bertz CT molecular complexity index is 958. The van der Waals surface area contributed by atoms with E-state index >= 15 is 0 Å². The molecule has 0 unspecified atom stereocenters. The van der Waals surface area contributed by atoms with Crippen LogP contribution in [0, 0.1) is 20.8 Å². The van der Waals surface area contributed by atoms with Crippen LogP contribution in [0.5, 0.6) is 0 Å². The van der Waals surface area contributed by atoms with E-state index < -0.39 is 0 Å². The van der Waals surface area contributed by atoms with Crippen molar-refractivity contribution in [2.24, 2.45) is 0 Å². The number of aromatic nitrogens is 3. The molecule has 1 atom stereocenters. The molecule has 1 N–H and O–H groups in total. The molecular formula is C21H26N4O. The smallest absolute Gasteiger partial charge is 0.256 e. The lowest BCUT2D eigenvalue weighted by atomic mass is 9.99. The third-order valence-electron chi connectivity index (χ3n) is 5.07. The van der Waals surface area contributed by atoms with Gasteiger partial charge in [-0.1, -0.05) is 31.2 Å². The fourth-order valence-electron chi connectivity index (χ4n) is 3.13. The molecule has 26 heavy (non-hydrogen) atoms. The number of aryl methyl sites for hydroxylation is 3. The van der Waals surface area contributed by atoms with Crippen molar-refractivity contribution in [3.63, 3.8) is 0 Å². The number of benzene rings is 1. The van der Waals surface area contributed by atoms with Crippen molar-refractivity contribution in [2.75, 3.05) is 0 Å². The molecule has 0 saturated carbocycles. The lowest BCUT2D eigenvalue weighted by molar-refractivity contribution is 0.0940. The number of fused-ring (bicyclic) bond motifs is 1. The summed E-state index contributed by atoms with van der Waals surface area (Å²) in [4.78, 5) is 17.2. The zero-order valence-electron chi connectivity index (χ0n) is 16.1. The van der Waals surface area contributed by atoms with Crippen LogP contribution in [0.25, 0.3) is 5.65 Å². The number of hydrogen-bond donors (Lipinski definition) is 1. The molecule has 0 spiro atoms. The molecule has 0 bridgehead atoms. The number of carbonyl (C=O) groups excluding carboxylic acids is 1. The van der Waals surface area contributed by atoms with Gasteiger partial charge in [-0.05, 0) is 50.8 Å². The van der Waals surface area contributed by atoms with Crippen molar-refractivity contribution in [3.8, 4) is 0 Å². The van der Waals surface area contributed by atoms with Crippen molar-refractivity contribution in [1.82, 2.24) is 19.9 Å². The largest absolute Gasteiger partial charge is 0.349 e. The molecule has 1 aromatic carbocycles. The Labute approximate surface area is 154 Å². The highest BCUT2D eigenvalue weighted by molar-refractivity contribution is 5.99. The van der Waals surface area contributed by atoms with Crippen LogP contribution < -0.4 is 5.32 Å². The second-order valence-corrected chi connectivity index (χ2v) is 6.94. The molecule has 3 aromatic rings. The highest BCUT2D eigenvalue weighted by Gasteiger charge is 2.19. The second kappa shape index (κ2) is 7.28. The molecule has 0 fully saturated rings. The van der Waals surface area contributed by atoms with Crippen LogP contribution in [0.3, 0.4) is 0 Å². The van der Waals surface area contributed by atoms with Gasteiger partial charge in [0.05, 0.1) is 6.20 Å². The molecule has 1 amide bonds. The molecule has 2 aromatic heterocycles. The van der Waals surface area contributed by atoms with Crippen LogP contribution in [0.2, 0.25) is 0 Å². The fraction of sp³-hybridized carbons (Fsp3) is 0.381. The van der Waals surface area contributed by atoms with Crippen LogP contribution in [-0.2, 0) is 6.42 Å². The minimum Gasteiger partial charge on any atom is -0.349 e. The van der Waals surface area contributed by atoms with Crippen LogP contribution in [0.4, 0.5) is 0 Å². The third kappa shape index (κ3) is 3.34. The van der Waals surface area contributed by atoms with Crippen molar-refractivity contribution in [1.29, 1.82) is 0 Å².